The van der Waals surface area contributed by atoms with Crippen LogP contribution in [0.5, 0.6) is 11.5 Å². The van der Waals surface area contributed by atoms with Gasteiger partial charge in [0.2, 0.25) is 12.7 Å². The van der Waals surface area contributed by atoms with E-state index in [1.165, 1.54) is 0 Å². The van der Waals surface area contributed by atoms with Crippen molar-refractivity contribution in [3.63, 3.8) is 0 Å². The molecule has 1 atom stereocenters. The van der Waals surface area contributed by atoms with Gasteiger partial charge in [0.05, 0.1) is 11.6 Å². The van der Waals surface area contributed by atoms with Crippen molar-refractivity contribution in [2.75, 3.05) is 24.8 Å². The third-order valence-corrected chi connectivity index (χ3v) is 5.65. The fourth-order valence-electron chi connectivity index (χ4n) is 3.95. The summed E-state index contributed by atoms with van der Waals surface area (Å²) in [7, 11) is 0. The molecule has 4 heterocycles. The van der Waals surface area contributed by atoms with Gasteiger partial charge in [-0.2, -0.15) is 0 Å². The maximum Gasteiger partial charge on any atom is 0.231 e. The minimum atomic E-state index is -0.0792. The van der Waals surface area contributed by atoms with Gasteiger partial charge in [-0.05, 0) is 54.8 Å². The highest BCUT2D eigenvalue weighted by Crippen LogP contribution is 2.32. The van der Waals surface area contributed by atoms with Crippen LogP contribution in [0, 0.1) is 5.92 Å². The van der Waals surface area contributed by atoms with Gasteiger partial charge >= 0.3 is 0 Å². The van der Waals surface area contributed by atoms with Gasteiger partial charge in [0, 0.05) is 37.6 Å². The summed E-state index contributed by atoms with van der Waals surface area (Å²) < 4.78 is 10.7. The van der Waals surface area contributed by atoms with E-state index in [-0.39, 0.29) is 18.6 Å². The molecule has 8 heteroatoms. The highest BCUT2D eigenvalue weighted by atomic mass is 16.7. The predicted octanol–water partition coefficient (Wildman–Crippen LogP) is 2.80. The largest absolute Gasteiger partial charge is 0.454 e. The Bertz CT molecular complexity index is 1060. The topological polar surface area (TPSA) is 89.5 Å². The van der Waals surface area contributed by atoms with Crippen LogP contribution in [-0.4, -0.2) is 41.0 Å². The molecule has 1 saturated heterocycles. The lowest BCUT2D eigenvalue weighted by Gasteiger charge is -2.32. The van der Waals surface area contributed by atoms with Gasteiger partial charge in [0.15, 0.2) is 17.3 Å². The lowest BCUT2D eigenvalue weighted by molar-refractivity contribution is -0.125. The summed E-state index contributed by atoms with van der Waals surface area (Å²) in [5.41, 5.74) is 2.78. The number of hydrogen-bond acceptors (Lipinski definition) is 7. The molecule has 1 amide bonds. The summed E-state index contributed by atoms with van der Waals surface area (Å²) in [6.07, 6.45) is 5.28. The number of benzene rings is 1. The maximum atomic E-state index is 12.8. The van der Waals surface area contributed by atoms with Gasteiger partial charge in [-0.3, -0.25) is 9.78 Å². The first-order chi connectivity index (χ1) is 15.3. The zero-order chi connectivity index (χ0) is 21.0. The number of carbonyl (C=O) groups excluding carboxylic acids is 1. The average molecular weight is 417 g/mol. The van der Waals surface area contributed by atoms with Crippen LogP contribution in [0.1, 0.15) is 18.4 Å². The van der Waals surface area contributed by atoms with Crippen LogP contribution in [0.25, 0.3) is 11.3 Å². The monoisotopic (exact) mass is 417 g/mol. The van der Waals surface area contributed by atoms with Gasteiger partial charge in [-0.15, -0.1) is 10.2 Å². The molecule has 0 spiro atoms. The Balaban J connectivity index is 1.19. The van der Waals surface area contributed by atoms with Crippen LogP contribution < -0.4 is 19.7 Å². The third-order valence-electron chi connectivity index (χ3n) is 5.65. The molecule has 0 radical (unpaired) electrons. The number of ether oxygens (including phenoxy) is 2. The van der Waals surface area contributed by atoms with Crippen molar-refractivity contribution in [2.45, 2.75) is 19.4 Å². The zero-order valence-electron chi connectivity index (χ0n) is 17.0. The molecular formula is C23H23N5O3. The molecule has 0 saturated carbocycles. The van der Waals surface area contributed by atoms with E-state index < -0.39 is 0 Å². The fraction of sp³-hybridized carbons (Fsp3) is 0.304. The predicted molar refractivity (Wildman–Crippen MR) is 115 cm³/mol. The summed E-state index contributed by atoms with van der Waals surface area (Å²) in [6, 6.07) is 13.5. The number of hydrogen-bond donors (Lipinski definition) is 1. The molecule has 2 aliphatic rings. The van der Waals surface area contributed by atoms with Crippen LogP contribution >= 0.6 is 0 Å². The third kappa shape index (κ3) is 4.28. The molecule has 8 nitrogen and oxygen atoms in total. The van der Waals surface area contributed by atoms with Crippen molar-refractivity contribution in [1.82, 2.24) is 20.5 Å². The molecule has 158 valence electrons. The molecule has 1 fully saturated rings. The van der Waals surface area contributed by atoms with Gasteiger partial charge in [0.25, 0.3) is 0 Å². The minimum absolute atomic E-state index is 0.0590. The summed E-state index contributed by atoms with van der Waals surface area (Å²) in [5.74, 6) is 2.25. The Kier molecular flexibility index (Phi) is 5.35. The van der Waals surface area contributed by atoms with E-state index in [4.69, 9.17) is 9.47 Å². The maximum absolute atomic E-state index is 12.8. The highest BCUT2D eigenvalue weighted by molar-refractivity contribution is 5.79. The zero-order valence-corrected chi connectivity index (χ0v) is 17.0. The van der Waals surface area contributed by atoms with Crippen LogP contribution in [-0.2, 0) is 11.3 Å². The summed E-state index contributed by atoms with van der Waals surface area (Å²) >= 11 is 0. The van der Waals surface area contributed by atoms with E-state index in [1.54, 1.807) is 12.4 Å². The normalized spacial score (nSPS) is 17.4. The average Bonchev–Trinajstić information content (AvgIpc) is 3.31. The molecule has 5 rings (SSSR count). The first kappa shape index (κ1) is 19.3. The van der Waals surface area contributed by atoms with E-state index in [0.717, 1.165) is 53.5 Å². The molecular weight excluding hydrogens is 394 g/mol. The molecule has 31 heavy (non-hydrogen) atoms. The van der Waals surface area contributed by atoms with Crippen LogP contribution in [0.15, 0.2) is 54.9 Å². The second kappa shape index (κ2) is 8.59. The number of carbonyl (C=O) groups is 1. The van der Waals surface area contributed by atoms with Gasteiger partial charge in [-0.25, -0.2) is 0 Å². The lowest BCUT2D eigenvalue weighted by Crippen LogP contribution is -2.43. The Morgan fingerprint density at radius 3 is 2.77 bits per heavy atom. The smallest absolute Gasteiger partial charge is 0.231 e. The molecule has 1 unspecified atom stereocenters. The molecule has 3 aromatic rings. The molecule has 2 aromatic heterocycles. The van der Waals surface area contributed by atoms with Crippen molar-refractivity contribution >= 4 is 11.7 Å². The van der Waals surface area contributed by atoms with Crippen molar-refractivity contribution in [3.05, 3.63) is 60.4 Å². The SMILES string of the molecule is O=C(NCc1ccc2c(c1)OCO2)C1CCCN(c2ccc(-c3ccncc3)nn2)C1. The first-order valence-corrected chi connectivity index (χ1v) is 10.4. The Morgan fingerprint density at radius 2 is 1.94 bits per heavy atom. The van der Waals surface area contributed by atoms with E-state index in [2.05, 4.69) is 25.4 Å². The number of pyridine rings is 1. The molecule has 0 aliphatic carbocycles. The van der Waals surface area contributed by atoms with Crippen molar-refractivity contribution in [3.8, 4) is 22.8 Å². The molecule has 1 aromatic carbocycles. The summed E-state index contributed by atoms with van der Waals surface area (Å²) in [4.78, 5) is 19.0. The Labute approximate surface area is 180 Å². The van der Waals surface area contributed by atoms with Crippen LogP contribution in [0.3, 0.4) is 0 Å². The number of amides is 1. The minimum Gasteiger partial charge on any atom is -0.454 e. The summed E-state index contributed by atoms with van der Waals surface area (Å²) in [5, 5.41) is 11.8. The first-order valence-electron chi connectivity index (χ1n) is 10.4. The van der Waals surface area contributed by atoms with Crippen molar-refractivity contribution < 1.29 is 14.3 Å². The summed E-state index contributed by atoms with van der Waals surface area (Å²) in [6.45, 7) is 2.22. The van der Waals surface area contributed by atoms with E-state index in [9.17, 15) is 4.79 Å². The van der Waals surface area contributed by atoms with Gasteiger partial charge in [0.1, 0.15) is 0 Å². The van der Waals surface area contributed by atoms with Crippen molar-refractivity contribution in [2.24, 2.45) is 5.92 Å². The number of anilines is 1. The van der Waals surface area contributed by atoms with E-state index >= 15 is 0 Å². The number of fused-ring (bicyclic) bond motifs is 1. The van der Waals surface area contributed by atoms with Crippen molar-refractivity contribution in [1.29, 1.82) is 0 Å². The van der Waals surface area contributed by atoms with E-state index in [0.29, 0.717) is 13.1 Å². The molecule has 0 bridgehead atoms. The van der Waals surface area contributed by atoms with Gasteiger partial charge < -0.3 is 19.7 Å². The van der Waals surface area contributed by atoms with Gasteiger partial charge in [-0.1, -0.05) is 6.07 Å². The lowest BCUT2D eigenvalue weighted by atomic mass is 9.97. The number of nitrogens with zero attached hydrogens (tertiary/aromatic N) is 4. The van der Waals surface area contributed by atoms with Crippen LogP contribution in [0.2, 0.25) is 0 Å². The molecule has 2 aliphatic heterocycles. The Morgan fingerprint density at radius 1 is 1.06 bits per heavy atom. The number of rotatable bonds is 5. The Hall–Kier alpha value is -3.68. The van der Waals surface area contributed by atoms with E-state index in [1.807, 2.05) is 42.5 Å². The van der Waals surface area contributed by atoms with Crippen LogP contribution in [0.4, 0.5) is 5.82 Å². The quantitative estimate of drug-likeness (QED) is 0.683. The highest BCUT2D eigenvalue weighted by Gasteiger charge is 2.26. The second-order valence-corrected chi connectivity index (χ2v) is 7.70. The second-order valence-electron chi connectivity index (χ2n) is 7.70. The fourth-order valence-corrected chi connectivity index (χ4v) is 3.95. The molecule has 1 N–H and O–H groups in total. The number of nitrogens with one attached hydrogen (secondary N) is 1. The standard InChI is InChI=1S/C23H23N5O3/c29-23(25-13-16-3-5-20-21(12-16)31-15-30-20)18-2-1-11-28(14-18)22-6-4-19(26-27-22)17-7-9-24-10-8-17/h3-10,12,18H,1-2,11,13-15H2,(H,25,29). The number of aromatic nitrogens is 3. The number of piperidine rings is 1.